The van der Waals surface area contributed by atoms with Gasteiger partial charge in [-0.2, -0.15) is 0 Å². The fourth-order valence-corrected chi connectivity index (χ4v) is 4.28. The van der Waals surface area contributed by atoms with Gasteiger partial charge in [0.2, 0.25) is 5.91 Å². The molecule has 4 rings (SSSR count). The quantitative estimate of drug-likeness (QED) is 0.783. The fourth-order valence-electron chi connectivity index (χ4n) is 3.40. The molecule has 2 fully saturated rings. The maximum atomic E-state index is 12.8. The molecule has 2 amide bonds. The van der Waals surface area contributed by atoms with Crippen molar-refractivity contribution < 1.29 is 14.7 Å². The molecule has 1 aliphatic carbocycles. The van der Waals surface area contributed by atoms with E-state index in [1.165, 1.54) is 11.3 Å². The lowest BCUT2D eigenvalue weighted by molar-refractivity contribution is -0.117. The number of amides is 2. The molecular weight excluding hydrogens is 374 g/mol. The van der Waals surface area contributed by atoms with Crippen LogP contribution >= 0.6 is 11.3 Å². The highest BCUT2D eigenvalue weighted by atomic mass is 32.1. The van der Waals surface area contributed by atoms with Gasteiger partial charge in [0.25, 0.3) is 5.91 Å². The van der Waals surface area contributed by atoms with Crippen LogP contribution in [-0.2, 0) is 4.79 Å². The number of carbonyl (C=O) groups excluding carboxylic acids is 2. The maximum Gasteiger partial charge on any atom is 0.264 e. The van der Waals surface area contributed by atoms with Gasteiger partial charge < -0.3 is 15.3 Å². The van der Waals surface area contributed by atoms with Gasteiger partial charge in [-0.15, -0.1) is 11.3 Å². The lowest BCUT2D eigenvalue weighted by atomic mass is 10.1. The first-order valence-electron chi connectivity index (χ1n) is 9.75. The molecule has 2 heterocycles. The Bertz CT molecular complexity index is 826. The number of carbonyl (C=O) groups is 2. The Kier molecular flexibility index (Phi) is 5.75. The lowest BCUT2D eigenvalue weighted by Gasteiger charge is -2.35. The van der Waals surface area contributed by atoms with Crippen molar-refractivity contribution in [3.05, 3.63) is 52.9 Å². The van der Waals surface area contributed by atoms with Crippen LogP contribution in [0.5, 0.6) is 0 Å². The highest BCUT2D eigenvalue weighted by Gasteiger charge is 2.30. The number of hydrogen-bond donors (Lipinski definition) is 2. The number of nitrogens with zero attached hydrogens (tertiary/aromatic N) is 2. The zero-order valence-corrected chi connectivity index (χ0v) is 16.5. The number of thiophene rings is 1. The molecular formula is C21H25N3O3S. The first-order chi connectivity index (χ1) is 13.6. The molecule has 7 heteroatoms. The second kappa shape index (κ2) is 8.43. The second-order valence-corrected chi connectivity index (χ2v) is 8.53. The number of benzene rings is 1. The average molecular weight is 400 g/mol. The standard InChI is InChI=1S/C21H25N3O3S/c25-17(15-4-2-1-3-5-15)14-23-10-12-24(13-11-23)21(27)18-8-9-19(28-18)22-20(26)16-6-7-16/h1-5,8-9,16-17,25H,6-7,10-14H2,(H,22,26). The second-order valence-electron chi connectivity index (χ2n) is 7.45. The molecule has 1 aliphatic heterocycles. The number of rotatable bonds is 6. The monoisotopic (exact) mass is 399 g/mol. The predicted molar refractivity (Wildman–Crippen MR) is 109 cm³/mol. The summed E-state index contributed by atoms with van der Waals surface area (Å²) in [5, 5.41) is 14.0. The van der Waals surface area contributed by atoms with Crippen LogP contribution in [-0.4, -0.2) is 59.4 Å². The number of anilines is 1. The summed E-state index contributed by atoms with van der Waals surface area (Å²) in [7, 11) is 0. The molecule has 1 saturated carbocycles. The molecule has 2 aliphatic rings. The van der Waals surface area contributed by atoms with Crippen LogP contribution in [0.2, 0.25) is 0 Å². The van der Waals surface area contributed by atoms with Crippen LogP contribution < -0.4 is 5.32 Å². The third-order valence-corrected chi connectivity index (χ3v) is 6.27. The van der Waals surface area contributed by atoms with Crippen molar-refractivity contribution in [2.75, 3.05) is 38.0 Å². The molecule has 1 unspecified atom stereocenters. The van der Waals surface area contributed by atoms with Gasteiger partial charge in [0.05, 0.1) is 16.0 Å². The van der Waals surface area contributed by atoms with Crippen LogP contribution in [0, 0.1) is 5.92 Å². The summed E-state index contributed by atoms with van der Waals surface area (Å²) in [5.74, 6) is 0.229. The molecule has 28 heavy (non-hydrogen) atoms. The number of nitrogens with one attached hydrogen (secondary N) is 1. The summed E-state index contributed by atoms with van der Waals surface area (Å²) >= 11 is 1.34. The van der Waals surface area contributed by atoms with E-state index in [4.69, 9.17) is 0 Å². The van der Waals surface area contributed by atoms with Crippen molar-refractivity contribution in [3.63, 3.8) is 0 Å². The fraction of sp³-hybridized carbons (Fsp3) is 0.429. The summed E-state index contributed by atoms with van der Waals surface area (Å²) in [6, 6.07) is 13.3. The van der Waals surface area contributed by atoms with E-state index < -0.39 is 6.10 Å². The summed E-state index contributed by atoms with van der Waals surface area (Å²) in [5.41, 5.74) is 0.917. The molecule has 1 aromatic carbocycles. The Morgan fingerprint density at radius 2 is 1.79 bits per heavy atom. The van der Waals surface area contributed by atoms with E-state index in [0.29, 0.717) is 24.5 Å². The summed E-state index contributed by atoms with van der Waals surface area (Å²) in [6.07, 6.45) is 1.41. The molecule has 1 saturated heterocycles. The van der Waals surface area contributed by atoms with E-state index >= 15 is 0 Å². The SMILES string of the molecule is O=C(Nc1ccc(C(=O)N2CCN(CC(O)c3ccccc3)CC2)s1)C1CC1. The van der Waals surface area contributed by atoms with Crippen LogP contribution in [0.1, 0.15) is 34.2 Å². The highest BCUT2D eigenvalue weighted by Crippen LogP contribution is 2.32. The Hall–Kier alpha value is -2.22. The van der Waals surface area contributed by atoms with Gasteiger partial charge in [-0.1, -0.05) is 30.3 Å². The predicted octanol–water partition coefficient (Wildman–Crippen LogP) is 2.59. The third kappa shape index (κ3) is 4.60. The molecule has 148 valence electrons. The van der Waals surface area contributed by atoms with Crippen molar-refractivity contribution in [1.82, 2.24) is 9.80 Å². The smallest absolute Gasteiger partial charge is 0.264 e. The Morgan fingerprint density at radius 3 is 2.46 bits per heavy atom. The van der Waals surface area contributed by atoms with Crippen LogP contribution in [0.15, 0.2) is 42.5 Å². The molecule has 2 N–H and O–H groups in total. The van der Waals surface area contributed by atoms with E-state index in [1.807, 2.05) is 41.3 Å². The average Bonchev–Trinajstić information content (AvgIpc) is 3.48. The largest absolute Gasteiger partial charge is 0.387 e. The van der Waals surface area contributed by atoms with Crippen molar-refractivity contribution in [2.24, 2.45) is 5.92 Å². The normalized spacial score (nSPS) is 18.7. The minimum absolute atomic E-state index is 0.0141. The molecule has 6 nitrogen and oxygen atoms in total. The molecule has 1 atom stereocenters. The number of β-amino-alcohol motifs (C(OH)–C–C–N with tert-alkyl or cyclic N) is 1. The van der Waals surface area contributed by atoms with Crippen molar-refractivity contribution in [1.29, 1.82) is 0 Å². The van der Waals surface area contributed by atoms with Crippen molar-refractivity contribution >= 4 is 28.2 Å². The zero-order valence-electron chi connectivity index (χ0n) is 15.7. The van der Waals surface area contributed by atoms with Gasteiger partial charge in [0, 0.05) is 38.6 Å². The van der Waals surface area contributed by atoms with Gasteiger partial charge in [-0.3, -0.25) is 14.5 Å². The van der Waals surface area contributed by atoms with Gasteiger partial charge in [-0.25, -0.2) is 0 Å². The van der Waals surface area contributed by atoms with E-state index in [0.717, 1.165) is 36.5 Å². The zero-order chi connectivity index (χ0) is 19.5. The molecule has 0 radical (unpaired) electrons. The van der Waals surface area contributed by atoms with Crippen LogP contribution in [0.25, 0.3) is 0 Å². The lowest BCUT2D eigenvalue weighted by Crippen LogP contribution is -2.49. The van der Waals surface area contributed by atoms with Crippen molar-refractivity contribution in [3.8, 4) is 0 Å². The van der Waals surface area contributed by atoms with Gasteiger partial charge >= 0.3 is 0 Å². The van der Waals surface area contributed by atoms with Gasteiger partial charge in [-0.05, 0) is 30.5 Å². The summed E-state index contributed by atoms with van der Waals surface area (Å²) in [6.45, 7) is 3.34. The molecule has 0 bridgehead atoms. The minimum Gasteiger partial charge on any atom is -0.387 e. The topological polar surface area (TPSA) is 72.9 Å². The first kappa shape index (κ1) is 19.1. The first-order valence-corrected chi connectivity index (χ1v) is 10.6. The number of hydrogen-bond acceptors (Lipinski definition) is 5. The molecule has 0 spiro atoms. The van der Waals surface area contributed by atoms with Crippen molar-refractivity contribution in [2.45, 2.75) is 18.9 Å². The maximum absolute atomic E-state index is 12.8. The highest BCUT2D eigenvalue weighted by molar-refractivity contribution is 7.18. The molecule has 1 aromatic heterocycles. The van der Waals surface area contributed by atoms with Crippen LogP contribution in [0.3, 0.4) is 0 Å². The molecule has 2 aromatic rings. The number of aliphatic hydroxyl groups excluding tert-OH is 1. The van der Waals surface area contributed by atoms with E-state index in [9.17, 15) is 14.7 Å². The number of aliphatic hydroxyl groups is 1. The van der Waals surface area contributed by atoms with Gasteiger partial charge in [0.1, 0.15) is 0 Å². The van der Waals surface area contributed by atoms with Crippen LogP contribution in [0.4, 0.5) is 5.00 Å². The minimum atomic E-state index is -0.515. The van der Waals surface area contributed by atoms with E-state index in [1.54, 1.807) is 6.07 Å². The van der Waals surface area contributed by atoms with Gasteiger partial charge in [0.15, 0.2) is 0 Å². The van der Waals surface area contributed by atoms with E-state index in [2.05, 4.69) is 10.2 Å². The number of piperazine rings is 1. The Morgan fingerprint density at radius 1 is 1.07 bits per heavy atom. The Balaban J connectivity index is 1.27. The summed E-state index contributed by atoms with van der Waals surface area (Å²) in [4.78, 5) is 29.3. The van der Waals surface area contributed by atoms with E-state index in [-0.39, 0.29) is 17.7 Å². The summed E-state index contributed by atoms with van der Waals surface area (Å²) < 4.78 is 0. The Labute approximate surface area is 168 Å². The third-order valence-electron chi connectivity index (χ3n) is 5.29.